The fourth-order valence-corrected chi connectivity index (χ4v) is 5.65. The summed E-state index contributed by atoms with van der Waals surface area (Å²) in [6, 6.07) is 2.21. The molecule has 1 aromatic rings. The molecule has 2 fully saturated rings. The van der Waals surface area contributed by atoms with Gasteiger partial charge in [0.15, 0.2) is 9.84 Å². The van der Waals surface area contributed by atoms with E-state index in [1.54, 1.807) is 0 Å². The Labute approximate surface area is 127 Å². The Balaban J connectivity index is 1.69. The second kappa shape index (κ2) is 5.11. The van der Waals surface area contributed by atoms with E-state index < -0.39 is 26.3 Å². The number of alkyl halides is 3. The van der Waals surface area contributed by atoms with Crippen molar-refractivity contribution in [2.45, 2.75) is 49.1 Å². The smallest absolute Gasteiger partial charge is 0.367 e. The first kappa shape index (κ1) is 15.6. The van der Waals surface area contributed by atoms with Crippen molar-refractivity contribution in [2.75, 3.05) is 11.1 Å². The van der Waals surface area contributed by atoms with Crippen molar-refractivity contribution in [1.29, 1.82) is 0 Å². The molecule has 0 aromatic carbocycles. The SMILES string of the molecule is O=S1(=O)CCC(Nc2ccc(C(F)(F)F)cn2)CC12CCC2. The Morgan fingerprint density at radius 3 is 2.50 bits per heavy atom. The quantitative estimate of drug-likeness (QED) is 0.903. The molecule has 1 atom stereocenters. The molecule has 3 rings (SSSR count). The van der Waals surface area contributed by atoms with Crippen LogP contribution in [0, 0.1) is 0 Å². The van der Waals surface area contributed by atoms with Gasteiger partial charge in [0.25, 0.3) is 0 Å². The van der Waals surface area contributed by atoms with Gasteiger partial charge in [-0.15, -0.1) is 0 Å². The summed E-state index contributed by atoms with van der Waals surface area (Å²) in [4.78, 5) is 3.79. The van der Waals surface area contributed by atoms with Crippen molar-refractivity contribution in [1.82, 2.24) is 4.98 Å². The summed E-state index contributed by atoms with van der Waals surface area (Å²) >= 11 is 0. The molecule has 8 heteroatoms. The molecule has 1 saturated carbocycles. The van der Waals surface area contributed by atoms with Gasteiger partial charge < -0.3 is 5.32 Å². The van der Waals surface area contributed by atoms with Gasteiger partial charge in [-0.25, -0.2) is 13.4 Å². The number of hydrogen-bond donors (Lipinski definition) is 1. The van der Waals surface area contributed by atoms with E-state index in [9.17, 15) is 21.6 Å². The van der Waals surface area contributed by atoms with Crippen molar-refractivity contribution in [3.8, 4) is 0 Å². The van der Waals surface area contributed by atoms with Crippen LogP contribution in [0.5, 0.6) is 0 Å². The lowest BCUT2D eigenvalue weighted by atomic mass is 9.79. The van der Waals surface area contributed by atoms with Crippen LogP contribution in [0.1, 0.15) is 37.7 Å². The first-order valence-corrected chi connectivity index (χ1v) is 8.89. The lowest BCUT2D eigenvalue weighted by Crippen LogP contribution is -2.53. The second-order valence-corrected chi connectivity index (χ2v) is 8.62. The Bertz CT molecular complexity index is 652. The van der Waals surface area contributed by atoms with Crippen LogP contribution in [-0.2, 0) is 16.0 Å². The molecule has 122 valence electrons. The van der Waals surface area contributed by atoms with E-state index in [4.69, 9.17) is 0 Å². The van der Waals surface area contributed by atoms with Crippen LogP contribution >= 0.6 is 0 Å². The minimum Gasteiger partial charge on any atom is -0.367 e. The van der Waals surface area contributed by atoms with Crippen LogP contribution in [0.15, 0.2) is 18.3 Å². The summed E-state index contributed by atoms with van der Waals surface area (Å²) in [5.41, 5.74) is -0.792. The first-order chi connectivity index (χ1) is 10.2. The van der Waals surface area contributed by atoms with Gasteiger partial charge in [0.2, 0.25) is 0 Å². The second-order valence-electron chi connectivity index (χ2n) is 6.12. The number of rotatable bonds is 2. The summed E-state index contributed by atoms with van der Waals surface area (Å²) in [7, 11) is -3.05. The third-order valence-electron chi connectivity index (χ3n) is 4.72. The van der Waals surface area contributed by atoms with Gasteiger partial charge in [0, 0.05) is 12.2 Å². The summed E-state index contributed by atoms with van der Waals surface area (Å²) in [6.45, 7) is 0. The maximum atomic E-state index is 12.5. The fourth-order valence-electron chi connectivity index (χ4n) is 3.26. The third kappa shape index (κ3) is 2.68. The van der Waals surface area contributed by atoms with Gasteiger partial charge in [0.1, 0.15) is 5.82 Å². The molecule has 2 aliphatic rings. The fraction of sp³-hybridized carbons (Fsp3) is 0.643. The van der Waals surface area contributed by atoms with Gasteiger partial charge in [0.05, 0.1) is 16.1 Å². The number of anilines is 1. The van der Waals surface area contributed by atoms with Crippen LogP contribution in [-0.4, -0.2) is 29.9 Å². The van der Waals surface area contributed by atoms with Gasteiger partial charge in [-0.2, -0.15) is 13.2 Å². The monoisotopic (exact) mass is 334 g/mol. The molecule has 1 aliphatic carbocycles. The van der Waals surface area contributed by atoms with E-state index in [1.165, 1.54) is 6.07 Å². The number of halogens is 3. The molecule has 1 spiro atoms. The Kier molecular flexibility index (Phi) is 3.62. The van der Waals surface area contributed by atoms with E-state index in [1.807, 2.05) is 0 Å². The van der Waals surface area contributed by atoms with Gasteiger partial charge in [-0.1, -0.05) is 6.42 Å². The lowest BCUT2D eigenvalue weighted by molar-refractivity contribution is -0.137. The molecule has 1 unspecified atom stereocenters. The molecular weight excluding hydrogens is 317 g/mol. The van der Waals surface area contributed by atoms with Crippen molar-refractivity contribution in [3.05, 3.63) is 23.9 Å². The van der Waals surface area contributed by atoms with Crippen LogP contribution in [0.4, 0.5) is 19.0 Å². The van der Waals surface area contributed by atoms with Crippen LogP contribution in [0.25, 0.3) is 0 Å². The minimum absolute atomic E-state index is 0.0620. The zero-order chi connectivity index (χ0) is 16.0. The number of sulfone groups is 1. The average molecular weight is 334 g/mol. The Morgan fingerprint density at radius 2 is 2.00 bits per heavy atom. The van der Waals surface area contributed by atoms with Crippen molar-refractivity contribution < 1.29 is 21.6 Å². The molecule has 1 aromatic heterocycles. The van der Waals surface area contributed by atoms with E-state index in [-0.39, 0.29) is 11.8 Å². The van der Waals surface area contributed by atoms with Crippen LogP contribution in [0.2, 0.25) is 0 Å². The maximum Gasteiger partial charge on any atom is 0.417 e. The highest BCUT2D eigenvalue weighted by Crippen LogP contribution is 2.47. The summed E-state index contributed by atoms with van der Waals surface area (Å²) in [5, 5.41) is 3.08. The van der Waals surface area contributed by atoms with E-state index in [2.05, 4.69) is 10.3 Å². The molecule has 0 radical (unpaired) electrons. The highest BCUT2D eigenvalue weighted by atomic mass is 32.2. The molecular formula is C14H17F3N2O2S. The molecule has 0 amide bonds. The largest absolute Gasteiger partial charge is 0.417 e. The number of hydrogen-bond acceptors (Lipinski definition) is 4. The predicted molar refractivity (Wildman–Crippen MR) is 76.3 cm³/mol. The lowest BCUT2D eigenvalue weighted by Gasteiger charge is -2.46. The van der Waals surface area contributed by atoms with Crippen molar-refractivity contribution in [3.63, 3.8) is 0 Å². The zero-order valence-electron chi connectivity index (χ0n) is 11.9. The summed E-state index contributed by atoms with van der Waals surface area (Å²) in [5.74, 6) is 0.484. The normalized spacial score (nSPS) is 26.4. The van der Waals surface area contributed by atoms with Crippen molar-refractivity contribution >= 4 is 15.7 Å². The Hall–Kier alpha value is -1.31. The van der Waals surface area contributed by atoms with E-state index in [0.29, 0.717) is 31.5 Å². The highest BCUT2D eigenvalue weighted by molar-refractivity contribution is 7.92. The van der Waals surface area contributed by atoms with Gasteiger partial charge in [-0.3, -0.25) is 0 Å². The molecule has 22 heavy (non-hydrogen) atoms. The molecule has 1 saturated heterocycles. The van der Waals surface area contributed by atoms with E-state index in [0.717, 1.165) is 18.7 Å². The number of nitrogens with zero attached hydrogens (tertiary/aromatic N) is 1. The Morgan fingerprint density at radius 1 is 1.27 bits per heavy atom. The van der Waals surface area contributed by atoms with Gasteiger partial charge >= 0.3 is 6.18 Å². The van der Waals surface area contributed by atoms with Crippen molar-refractivity contribution in [2.24, 2.45) is 0 Å². The standard InChI is InChI=1S/C14H17F3N2O2S/c15-14(16,17)10-2-3-12(18-9-10)19-11-4-7-22(20,21)13(8-11)5-1-6-13/h2-3,9,11H,1,4-8H2,(H,18,19). The zero-order valence-corrected chi connectivity index (χ0v) is 12.7. The number of nitrogens with one attached hydrogen (secondary N) is 1. The van der Waals surface area contributed by atoms with E-state index >= 15 is 0 Å². The summed E-state index contributed by atoms with van der Waals surface area (Å²) < 4.78 is 61.2. The first-order valence-electron chi connectivity index (χ1n) is 7.24. The maximum absolute atomic E-state index is 12.5. The molecule has 2 heterocycles. The average Bonchev–Trinajstić information content (AvgIpc) is 2.38. The topological polar surface area (TPSA) is 59.1 Å². The van der Waals surface area contributed by atoms with Gasteiger partial charge in [-0.05, 0) is 37.8 Å². The summed E-state index contributed by atoms with van der Waals surface area (Å²) in [6.07, 6.45) is -0.335. The molecule has 4 nitrogen and oxygen atoms in total. The number of aromatic nitrogens is 1. The van der Waals surface area contributed by atoms with Crippen LogP contribution < -0.4 is 5.32 Å². The predicted octanol–water partition coefficient (Wildman–Crippen LogP) is 3.01. The third-order valence-corrected chi connectivity index (χ3v) is 7.39. The van der Waals surface area contributed by atoms with Crippen LogP contribution in [0.3, 0.4) is 0 Å². The molecule has 0 bridgehead atoms. The highest BCUT2D eigenvalue weighted by Gasteiger charge is 2.52. The number of pyridine rings is 1. The molecule has 1 aliphatic heterocycles. The molecule has 1 N–H and O–H groups in total. The minimum atomic E-state index is -4.40.